The van der Waals surface area contributed by atoms with E-state index in [9.17, 15) is 0 Å². The van der Waals surface area contributed by atoms with Crippen molar-refractivity contribution in [3.8, 4) is 0 Å². The maximum Gasteiger partial charge on any atom is 0.150 e. The summed E-state index contributed by atoms with van der Waals surface area (Å²) >= 11 is 1.99. The van der Waals surface area contributed by atoms with Gasteiger partial charge in [-0.1, -0.05) is 19.0 Å². The first-order valence-corrected chi connectivity index (χ1v) is 6.75. The summed E-state index contributed by atoms with van der Waals surface area (Å²) < 4.78 is 5.17. The molecule has 1 N–H and O–H groups in total. The first-order valence-electron chi connectivity index (χ1n) is 5.59. The lowest BCUT2D eigenvalue weighted by molar-refractivity contribution is 0.368. The van der Waals surface area contributed by atoms with Gasteiger partial charge in [-0.3, -0.25) is 0 Å². The van der Waals surface area contributed by atoms with Gasteiger partial charge >= 0.3 is 0 Å². The Bertz CT molecular complexity index is 263. The number of aryl methyl sites for hydroxylation is 1. The molecule has 0 saturated carbocycles. The van der Waals surface area contributed by atoms with Crippen LogP contribution in [-0.2, 0) is 13.0 Å². The molecule has 0 fully saturated rings. The molecule has 1 rings (SSSR count). The second-order valence-electron chi connectivity index (χ2n) is 3.37. The summed E-state index contributed by atoms with van der Waals surface area (Å²) in [5.41, 5.74) is 1.04. The van der Waals surface area contributed by atoms with Crippen LogP contribution >= 0.6 is 11.8 Å². The fraction of sp³-hybridized carbons (Fsp3) is 0.727. The highest BCUT2D eigenvalue weighted by atomic mass is 32.2. The third-order valence-corrected chi connectivity index (χ3v) is 3.10. The topological polar surface area (TPSA) is 38.1 Å². The van der Waals surface area contributed by atoms with Gasteiger partial charge in [0.15, 0.2) is 5.76 Å². The summed E-state index contributed by atoms with van der Waals surface area (Å²) in [6.07, 6.45) is 2.16. The average Bonchev–Trinajstić information content (AvgIpc) is 2.71. The number of thioether (sulfide) groups is 1. The van der Waals surface area contributed by atoms with E-state index in [1.54, 1.807) is 0 Å². The molecule has 1 aromatic heterocycles. The Morgan fingerprint density at radius 2 is 2.33 bits per heavy atom. The molecular weight excluding hydrogens is 208 g/mol. The fourth-order valence-corrected chi connectivity index (χ4v) is 1.90. The third-order valence-electron chi connectivity index (χ3n) is 2.12. The largest absolute Gasteiger partial charge is 0.360 e. The zero-order valence-electron chi connectivity index (χ0n) is 9.58. The number of hydrogen-bond acceptors (Lipinski definition) is 4. The number of rotatable bonds is 8. The minimum Gasteiger partial charge on any atom is -0.360 e. The molecule has 0 saturated heterocycles. The van der Waals surface area contributed by atoms with E-state index in [0.29, 0.717) is 0 Å². The molecule has 0 spiro atoms. The molecule has 0 unspecified atom stereocenters. The molecule has 15 heavy (non-hydrogen) atoms. The maximum atomic E-state index is 5.17. The van der Waals surface area contributed by atoms with Gasteiger partial charge in [0, 0.05) is 6.07 Å². The van der Waals surface area contributed by atoms with E-state index in [-0.39, 0.29) is 0 Å². The van der Waals surface area contributed by atoms with Gasteiger partial charge in [-0.2, -0.15) is 11.8 Å². The molecule has 0 amide bonds. The Labute approximate surface area is 96.0 Å². The van der Waals surface area contributed by atoms with Crippen LogP contribution in [0.5, 0.6) is 0 Å². The summed E-state index contributed by atoms with van der Waals surface area (Å²) in [7, 11) is 0. The van der Waals surface area contributed by atoms with Crippen LogP contribution < -0.4 is 5.32 Å². The quantitative estimate of drug-likeness (QED) is 0.694. The zero-order chi connectivity index (χ0) is 10.9. The van der Waals surface area contributed by atoms with Crippen LogP contribution in [0.4, 0.5) is 0 Å². The lowest BCUT2D eigenvalue weighted by Crippen LogP contribution is -2.14. The van der Waals surface area contributed by atoms with E-state index in [2.05, 4.69) is 24.3 Å². The molecule has 86 valence electrons. The molecule has 4 heteroatoms. The first-order chi connectivity index (χ1) is 7.36. The molecule has 0 aliphatic rings. The summed E-state index contributed by atoms with van der Waals surface area (Å²) in [6.45, 7) is 6.12. The van der Waals surface area contributed by atoms with Crippen LogP contribution in [-0.4, -0.2) is 23.2 Å². The van der Waals surface area contributed by atoms with Crippen LogP contribution in [0.25, 0.3) is 0 Å². The van der Waals surface area contributed by atoms with Gasteiger partial charge in [0.25, 0.3) is 0 Å². The van der Waals surface area contributed by atoms with Gasteiger partial charge < -0.3 is 9.84 Å². The van der Waals surface area contributed by atoms with E-state index in [0.717, 1.165) is 31.0 Å². The van der Waals surface area contributed by atoms with Crippen molar-refractivity contribution in [3.05, 3.63) is 17.5 Å². The van der Waals surface area contributed by atoms with Crippen molar-refractivity contribution >= 4 is 11.8 Å². The summed E-state index contributed by atoms with van der Waals surface area (Å²) in [5.74, 6) is 3.39. The molecule has 0 aromatic carbocycles. The molecule has 0 radical (unpaired) electrons. The minimum absolute atomic E-state index is 0.795. The average molecular weight is 228 g/mol. The Balaban J connectivity index is 2.04. The first kappa shape index (κ1) is 12.6. The van der Waals surface area contributed by atoms with Crippen LogP contribution in [0.1, 0.15) is 31.7 Å². The number of nitrogens with one attached hydrogen (secondary N) is 1. The van der Waals surface area contributed by atoms with Crippen LogP contribution in [0.3, 0.4) is 0 Å². The molecular formula is C11H20N2OS. The SMILES string of the molecule is CCSCCCNCc1cc(CC)no1. The highest BCUT2D eigenvalue weighted by molar-refractivity contribution is 7.99. The molecule has 0 atom stereocenters. The predicted octanol–water partition coefficient (Wildman–Crippen LogP) is 2.47. The third kappa shape index (κ3) is 5.23. The van der Waals surface area contributed by atoms with Gasteiger partial charge in [0.05, 0.1) is 12.2 Å². The van der Waals surface area contributed by atoms with Crippen molar-refractivity contribution in [2.45, 2.75) is 33.2 Å². The van der Waals surface area contributed by atoms with Crippen LogP contribution in [0.15, 0.2) is 10.6 Å². The summed E-state index contributed by atoms with van der Waals surface area (Å²) in [6, 6.07) is 2.02. The Morgan fingerprint density at radius 1 is 1.47 bits per heavy atom. The van der Waals surface area contributed by atoms with Gasteiger partial charge in [-0.25, -0.2) is 0 Å². The highest BCUT2D eigenvalue weighted by Crippen LogP contribution is 2.04. The molecule has 3 nitrogen and oxygen atoms in total. The van der Waals surface area contributed by atoms with Gasteiger partial charge in [-0.05, 0) is 30.9 Å². The molecule has 1 aromatic rings. The number of aromatic nitrogens is 1. The summed E-state index contributed by atoms with van der Waals surface area (Å²) in [4.78, 5) is 0. The van der Waals surface area contributed by atoms with Crippen molar-refractivity contribution in [3.63, 3.8) is 0 Å². The van der Waals surface area contributed by atoms with Gasteiger partial charge in [-0.15, -0.1) is 0 Å². The normalized spacial score (nSPS) is 10.8. The van der Waals surface area contributed by atoms with E-state index in [1.807, 2.05) is 17.8 Å². The smallest absolute Gasteiger partial charge is 0.150 e. The Kier molecular flexibility index (Phi) is 6.52. The lowest BCUT2D eigenvalue weighted by atomic mass is 10.3. The van der Waals surface area contributed by atoms with E-state index < -0.39 is 0 Å². The minimum atomic E-state index is 0.795. The molecule has 1 heterocycles. The van der Waals surface area contributed by atoms with Crippen molar-refractivity contribution in [1.82, 2.24) is 10.5 Å². The van der Waals surface area contributed by atoms with Crippen molar-refractivity contribution in [2.75, 3.05) is 18.1 Å². The van der Waals surface area contributed by atoms with Crippen LogP contribution in [0, 0.1) is 0 Å². The highest BCUT2D eigenvalue weighted by Gasteiger charge is 2.00. The second kappa shape index (κ2) is 7.77. The van der Waals surface area contributed by atoms with Gasteiger partial charge in [0.1, 0.15) is 0 Å². The molecule has 0 bridgehead atoms. The standard InChI is InChI=1S/C11H20N2OS/c1-3-10-8-11(14-13-10)9-12-6-5-7-15-4-2/h8,12H,3-7,9H2,1-2H3. The Morgan fingerprint density at radius 3 is 3.00 bits per heavy atom. The Hall–Kier alpha value is -0.480. The predicted molar refractivity (Wildman–Crippen MR) is 65.2 cm³/mol. The monoisotopic (exact) mass is 228 g/mol. The summed E-state index contributed by atoms with van der Waals surface area (Å²) in [5, 5.41) is 7.29. The van der Waals surface area contributed by atoms with E-state index in [4.69, 9.17) is 4.52 Å². The van der Waals surface area contributed by atoms with Crippen molar-refractivity contribution < 1.29 is 4.52 Å². The number of nitrogens with zero attached hydrogens (tertiary/aromatic N) is 1. The van der Waals surface area contributed by atoms with Crippen molar-refractivity contribution in [1.29, 1.82) is 0 Å². The molecule has 0 aliphatic heterocycles. The molecule has 0 aliphatic carbocycles. The van der Waals surface area contributed by atoms with E-state index >= 15 is 0 Å². The second-order valence-corrected chi connectivity index (χ2v) is 4.76. The lowest BCUT2D eigenvalue weighted by Gasteiger charge is -2.00. The van der Waals surface area contributed by atoms with Gasteiger partial charge in [0.2, 0.25) is 0 Å². The number of hydrogen-bond donors (Lipinski definition) is 1. The van der Waals surface area contributed by atoms with Crippen molar-refractivity contribution in [2.24, 2.45) is 0 Å². The van der Waals surface area contributed by atoms with Crippen LogP contribution in [0.2, 0.25) is 0 Å². The van der Waals surface area contributed by atoms with E-state index in [1.165, 1.54) is 17.9 Å². The zero-order valence-corrected chi connectivity index (χ0v) is 10.4. The fourth-order valence-electron chi connectivity index (χ4n) is 1.26. The maximum absolute atomic E-state index is 5.17.